The second kappa shape index (κ2) is 6.18. The van der Waals surface area contributed by atoms with Gasteiger partial charge >= 0.3 is 0 Å². The summed E-state index contributed by atoms with van der Waals surface area (Å²) in [6, 6.07) is 7.09. The van der Waals surface area contributed by atoms with E-state index in [-0.39, 0.29) is 0 Å². The number of hydrogen-bond acceptors (Lipinski definition) is 6. The molecule has 0 unspecified atom stereocenters. The van der Waals surface area contributed by atoms with Crippen molar-refractivity contribution >= 4 is 36.1 Å². The highest BCUT2D eigenvalue weighted by Gasteiger charge is 1.94. The summed E-state index contributed by atoms with van der Waals surface area (Å²) < 4.78 is 6.70. The van der Waals surface area contributed by atoms with Gasteiger partial charge < -0.3 is 0 Å². The molecule has 0 fully saturated rings. The van der Waals surface area contributed by atoms with Gasteiger partial charge in [0.1, 0.15) is 0 Å². The van der Waals surface area contributed by atoms with Crippen molar-refractivity contribution in [1.82, 2.24) is 0 Å². The topological polar surface area (TPSA) is 58.9 Å². The van der Waals surface area contributed by atoms with Crippen LogP contribution in [0.1, 0.15) is 0 Å². The normalized spacial score (nSPS) is 8.57. The molecule has 0 amide bonds. The van der Waals surface area contributed by atoms with E-state index in [4.69, 9.17) is 0 Å². The molecule has 0 saturated heterocycles. The van der Waals surface area contributed by atoms with Gasteiger partial charge in [0.15, 0.2) is 0 Å². The molecular weight excluding hydrogens is 220 g/mol. The summed E-state index contributed by atoms with van der Waals surface area (Å²) in [5.41, 5.74) is 0. The summed E-state index contributed by atoms with van der Waals surface area (Å²) in [7, 11) is 0. The van der Waals surface area contributed by atoms with Crippen LogP contribution in [0.4, 0.5) is 0 Å². The fourth-order valence-corrected chi connectivity index (χ4v) is 1.50. The second-order valence-corrected chi connectivity index (χ2v) is 3.69. The Labute approximate surface area is 88.8 Å². The summed E-state index contributed by atoms with van der Waals surface area (Å²) in [4.78, 5) is 21.3. The van der Waals surface area contributed by atoms with Gasteiger partial charge in [-0.2, -0.15) is 0 Å². The van der Waals surface area contributed by atoms with Gasteiger partial charge in [0.25, 0.3) is 0 Å². The molecule has 0 aliphatic heterocycles. The maximum Gasteiger partial charge on any atom is 0.247 e. The SMILES string of the molecule is O=C=NSc1ccc(SN=C=O)cc1. The summed E-state index contributed by atoms with van der Waals surface area (Å²) in [5, 5.41) is 0. The standard InChI is InChI=1S/C8H4N2O2S2/c11-5-9-13-7-1-2-8(4-3-7)14-10-6-12/h1-4H. The molecule has 0 aliphatic rings. The molecule has 0 aromatic heterocycles. The van der Waals surface area contributed by atoms with Crippen molar-refractivity contribution in [2.24, 2.45) is 8.80 Å². The van der Waals surface area contributed by atoms with Crippen LogP contribution in [0.15, 0.2) is 42.9 Å². The molecule has 0 spiro atoms. The van der Waals surface area contributed by atoms with Crippen molar-refractivity contribution in [3.05, 3.63) is 24.3 Å². The molecule has 0 N–H and O–H groups in total. The first kappa shape index (κ1) is 10.8. The predicted molar refractivity (Wildman–Crippen MR) is 54.4 cm³/mol. The highest BCUT2D eigenvalue weighted by Crippen LogP contribution is 2.23. The molecule has 6 heteroatoms. The molecular formula is C8H4N2O2S2. The minimum Gasteiger partial charge on any atom is -0.210 e. The van der Waals surface area contributed by atoms with E-state index in [2.05, 4.69) is 8.80 Å². The van der Waals surface area contributed by atoms with E-state index in [9.17, 15) is 9.59 Å². The lowest BCUT2D eigenvalue weighted by Gasteiger charge is -1.95. The van der Waals surface area contributed by atoms with E-state index in [1.165, 1.54) is 12.2 Å². The Morgan fingerprint density at radius 1 is 0.857 bits per heavy atom. The van der Waals surface area contributed by atoms with Gasteiger partial charge in [0, 0.05) is 33.7 Å². The van der Waals surface area contributed by atoms with Crippen LogP contribution >= 0.6 is 23.9 Å². The van der Waals surface area contributed by atoms with Crippen molar-refractivity contribution in [3.8, 4) is 0 Å². The summed E-state index contributed by atoms with van der Waals surface area (Å²) in [6.45, 7) is 0. The van der Waals surface area contributed by atoms with Crippen molar-refractivity contribution in [3.63, 3.8) is 0 Å². The van der Waals surface area contributed by atoms with Gasteiger partial charge in [-0.3, -0.25) is 0 Å². The first-order valence-electron chi connectivity index (χ1n) is 3.45. The lowest BCUT2D eigenvalue weighted by Crippen LogP contribution is -1.70. The van der Waals surface area contributed by atoms with Gasteiger partial charge in [0.2, 0.25) is 12.2 Å². The minimum absolute atomic E-state index is 0.827. The summed E-state index contributed by atoms with van der Waals surface area (Å²) >= 11 is 2.07. The molecule has 1 aromatic carbocycles. The Morgan fingerprint density at radius 3 is 1.50 bits per heavy atom. The Morgan fingerprint density at radius 2 is 1.21 bits per heavy atom. The van der Waals surface area contributed by atoms with Gasteiger partial charge in [-0.1, -0.05) is 0 Å². The molecule has 0 radical (unpaired) electrons. The molecule has 14 heavy (non-hydrogen) atoms. The van der Waals surface area contributed by atoms with Crippen LogP contribution < -0.4 is 0 Å². The van der Waals surface area contributed by atoms with Gasteiger partial charge in [-0.05, 0) is 24.3 Å². The Kier molecular flexibility index (Phi) is 4.75. The van der Waals surface area contributed by atoms with Crippen LogP contribution in [-0.4, -0.2) is 12.2 Å². The molecule has 0 heterocycles. The zero-order chi connectivity index (χ0) is 10.2. The number of benzene rings is 1. The van der Waals surface area contributed by atoms with E-state index in [0.717, 1.165) is 33.7 Å². The maximum atomic E-state index is 9.81. The fraction of sp³-hybridized carbons (Fsp3) is 0. The number of rotatable bonds is 4. The number of isocyanates is 2. The van der Waals surface area contributed by atoms with E-state index in [0.29, 0.717) is 0 Å². The molecule has 0 aliphatic carbocycles. The Bertz CT molecular complexity index is 353. The average Bonchev–Trinajstić information content (AvgIpc) is 2.25. The van der Waals surface area contributed by atoms with Crippen molar-refractivity contribution in [2.45, 2.75) is 9.79 Å². The number of nitrogens with zero attached hydrogens (tertiary/aromatic N) is 2. The van der Waals surface area contributed by atoms with Gasteiger partial charge in [-0.15, -0.1) is 8.80 Å². The monoisotopic (exact) mass is 224 g/mol. The summed E-state index contributed by atoms with van der Waals surface area (Å²) in [5.74, 6) is 0. The number of hydrogen-bond donors (Lipinski definition) is 0. The Balaban J connectivity index is 2.67. The van der Waals surface area contributed by atoms with E-state index in [1.807, 2.05) is 0 Å². The van der Waals surface area contributed by atoms with Crippen molar-refractivity contribution < 1.29 is 9.59 Å². The lowest BCUT2D eigenvalue weighted by atomic mass is 10.4. The summed E-state index contributed by atoms with van der Waals surface area (Å²) in [6.07, 6.45) is 2.86. The van der Waals surface area contributed by atoms with Crippen LogP contribution in [0.25, 0.3) is 0 Å². The number of carbonyl (C=O) groups excluding carboxylic acids is 2. The van der Waals surface area contributed by atoms with E-state index >= 15 is 0 Å². The second-order valence-electron chi connectivity index (χ2n) is 2.02. The molecule has 4 nitrogen and oxygen atoms in total. The van der Waals surface area contributed by atoms with Crippen LogP contribution in [0, 0.1) is 0 Å². The predicted octanol–water partition coefficient (Wildman–Crippen LogP) is 2.37. The van der Waals surface area contributed by atoms with Crippen LogP contribution in [0.5, 0.6) is 0 Å². The third-order valence-electron chi connectivity index (χ3n) is 1.20. The largest absolute Gasteiger partial charge is 0.247 e. The molecule has 0 bridgehead atoms. The van der Waals surface area contributed by atoms with Crippen molar-refractivity contribution in [2.75, 3.05) is 0 Å². The highest BCUT2D eigenvalue weighted by molar-refractivity contribution is 7.98. The quantitative estimate of drug-likeness (QED) is 0.447. The maximum absolute atomic E-state index is 9.81. The highest BCUT2D eigenvalue weighted by atomic mass is 32.2. The van der Waals surface area contributed by atoms with E-state index < -0.39 is 0 Å². The molecule has 0 atom stereocenters. The van der Waals surface area contributed by atoms with Crippen LogP contribution in [0.2, 0.25) is 0 Å². The van der Waals surface area contributed by atoms with Crippen LogP contribution in [-0.2, 0) is 9.59 Å². The van der Waals surface area contributed by atoms with Gasteiger partial charge in [0.05, 0.1) is 0 Å². The first-order chi connectivity index (χ1) is 6.86. The molecule has 1 aromatic rings. The van der Waals surface area contributed by atoms with Crippen LogP contribution in [0.3, 0.4) is 0 Å². The smallest absolute Gasteiger partial charge is 0.210 e. The zero-order valence-corrected chi connectivity index (χ0v) is 8.47. The molecule has 0 saturated carbocycles. The lowest BCUT2D eigenvalue weighted by molar-refractivity contribution is 0.565. The minimum atomic E-state index is 0.827. The fourth-order valence-electron chi connectivity index (χ4n) is 0.704. The average molecular weight is 224 g/mol. The molecule has 70 valence electrons. The Hall–Kier alpha value is -1.32. The first-order valence-corrected chi connectivity index (χ1v) is 5.00. The molecule has 1 rings (SSSR count). The van der Waals surface area contributed by atoms with E-state index in [1.54, 1.807) is 24.3 Å². The van der Waals surface area contributed by atoms with Crippen molar-refractivity contribution in [1.29, 1.82) is 0 Å². The zero-order valence-electron chi connectivity index (χ0n) is 6.84. The third kappa shape index (κ3) is 3.60. The third-order valence-corrected chi connectivity index (χ3v) is 2.50. The van der Waals surface area contributed by atoms with Gasteiger partial charge in [-0.25, -0.2) is 9.59 Å².